The first-order valence-corrected chi connectivity index (χ1v) is 13.5. The lowest BCUT2D eigenvalue weighted by atomic mass is 10.0. The van der Waals surface area contributed by atoms with Crippen LogP contribution in [0, 0.1) is 13.8 Å². The minimum atomic E-state index is -0.199. The van der Waals surface area contributed by atoms with Crippen molar-refractivity contribution in [3.63, 3.8) is 0 Å². The fourth-order valence-corrected chi connectivity index (χ4v) is 5.14. The van der Waals surface area contributed by atoms with Crippen LogP contribution in [0.25, 0.3) is 0 Å². The van der Waals surface area contributed by atoms with E-state index >= 15 is 0 Å². The number of carbonyl (C=O) groups excluding carboxylic acids is 2. The Hall–Kier alpha value is -4.16. The van der Waals surface area contributed by atoms with Gasteiger partial charge >= 0.3 is 0 Å². The largest absolute Gasteiger partial charge is 0.393 e. The summed E-state index contributed by atoms with van der Waals surface area (Å²) in [7, 11) is 0. The van der Waals surface area contributed by atoms with Crippen molar-refractivity contribution in [2.75, 3.05) is 23.3 Å². The average Bonchev–Trinajstić information content (AvgIpc) is 3.29. The highest BCUT2D eigenvalue weighted by Gasteiger charge is 2.18. The van der Waals surface area contributed by atoms with Gasteiger partial charge in [-0.2, -0.15) is 0 Å². The molecule has 0 radical (unpaired) electrons. The molecule has 0 unspecified atom stereocenters. The van der Waals surface area contributed by atoms with Crippen molar-refractivity contribution in [3.05, 3.63) is 113 Å². The van der Waals surface area contributed by atoms with Gasteiger partial charge in [0.05, 0.1) is 6.10 Å². The zero-order valence-electron chi connectivity index (χ0n) is 22.5. The third-order valence-corrected chi connectivity index (χ3v) is 7.39. The molecule has 200 valence electrons. The number of ketones is 2. The summed E-state index contributed by atoms with van der Waals surface area (Å²) in [6, 6.07) is 25.5. The number of nitrogens with one attached hydrogen (secondary N) is 2. The van der Waals surface area contributed by atoms with Crippen LogP contribution in [-0.2, 0) is 12.8 Å². The van der Waals surface area contributed by atoms with Crippen LogP contribution in [0.3, 0.4) is 0 Å². The lowest BCUT2D eigenvalue weighted by molar-refractivity contribution is 0.0984. The highest BCUT2D eigenvalue weighted by atomic mass is 16.3. The number of hydrogen-bond donors (Lipinski definition) is 3. The van der Waals surface area contributed by atoms with Crippen molar-refractivity contribution < 1.29 is 14.7 Å². The Morgan fingerprint density at radius 2 is 1.36 bits per heavy atom. The van der Waals surface area contributed by atoms with Crippen LogP contribution >= 0.6 is 0 Å². The molecule has 3 aromatic carbocycles. The minimum absolute atomic E-state index is 0.0893. The molecular formula is C33H35N3O3. The molecule has 0 spiro atoms. The first-order valence-electron chi connectivity index (χ1n) is 13.5. The molecule has 0 atom stereocenters. The Labute approximate surface area is 229 Å². The molecule has 0 amide bonds. The molecular weight excluding hydrogens is 486 g/mol. The second kappa shape index (κ2) is 11.7. The maximum absolute atomic E-state index is 12.9. The Bertz CT molecular complexity index is 1430. The van der Waals surface area contributed by atoms with Gasteiger partial charge in [0.15, 0.2) is 11.6 Å². The molecule has 5 rings (SSSR count). The van der Waals surface area contributed by atoms with Crippen LogP contribution in [-0.4, -0.2) is 40.9 Å². The monoisotopic (exact) mass is 521 g/mol. The number of aliphatic hydroxyl groups is 1. The number of H-pyrrole nitrogens is 1. The van der Waals surface area contributed by atoms with Crippen LogP contribution in [0.15, 0.2) is 78.9 Å². The number of carbonyl (C=O) groups is 2. The lowest BCUT2D eigenvalue weighted by Gasteiger charge is -2.31. The molecule has 4 aromatic rings. The van der Waals surface area contributed by atoms with Crippen LogP contribution in [0.2, 0.25) is 0 Å². The smallest absolute Gasteiger partial charge is 0.169 e. The molecule has 1 aliphatic heterocycles. The van der Waals surface area contributed by atoms with Crippen molar-refractivity contribution in [3.8, 4) is 0 Å². The van der Waals surface area contributed by atoms with E-state index in [1.54, 1.807) is 0 Å². The summed E-state index contributed by atoms with van der Waals surface area (Å²) in [5.74, 6) is 0.202. The molecule has 1 aromatic heterocycles. The first-order chi connectivity index (χ1) is 18.8. The van der Waals surface area contributed by atoms with Gasteiger partial charge in [-0.1, -0.05) is 24.3 Å². The number of benzene rings is 3. The number of aromatic amines is 1. The van der Waals surface area contributed by atoms with Crippen molar-refractivity contribution >= 4 is 28.6 Å². The molecule has 1 saturated heterocycles. The maximum atomic E-state index is 12.9. The second-order valence-electron chi connectivity index (χ2n) is 10.5. The number of aromatic nitrogens is 1. The van der Waals surface area contributed by atoms with Gasteiger partial charge in [0.2, 0.25) is 0 Å². The van der Waals surface area contributed by atoms with Gasteiger partial charge in [-0.15, -0.1) is 0 Å². The van der Waals surface area contributed by atoms with Gasteiger partial charge in [0, 0.05) is 65.5 Å². The Kier molecular flexibility index (Phi) is 7.94. The van der Waals surface area contributed by atoms with Crippen LogP contribution in [0.4, 0.5) is 17.1 Å². The van der Waals surface area contributed by atoms with E-state index in [1.807, 2.05) is 92.7 Å². The Morgan fingerprint density at radius 1 is 0.821 bits per heavy atom. The summed E-state index contributed by atoms with van der Waals surface area (Å²) in [6.07, 6.45) is 2.08. The van der Waals surface area contributed by atoms with E-state index in [0.29, 0.717) is 18.4 Å². The minimum Gasteiger partial charge on any atom is -0.393 e. The summed E-state index contributed by atoms with van der Waals surface area (Å²) in [5.41, 5.74) is 8.27. The molecule has 1 fully saturated rings. The molecule has 3 N–H and O–H groups in total. The Balaban J connectivity index is 1.13. The van der Waals surface area contributed by atoms with E-state index in [1.165, 1.54) is 0 Å². The number of rotatable bonds is 9. The number of aliphatic hydroxyl groups excluding tert-OH is 1. The van der Waals surface area contributed by atoms with E-state index in [9.17, 15) is 14.7 Å². The number of aryl methyl sites for hydroxylation is 2. The van der Waals surface area contributed by atoms with Crippen LogP contribution in [0.5, 0.6) is 0 Å². The summed E-state index contributed by atoms with van der Waals surface area (Å²) in [5, 5.41) is 13.1. The van der Waals surface area contributed by atoms with Gasteiger partial charge in [-0.25, -0.2) is 0 Å². The molecule has 0 aliphatic carbocycles. The van der Waals surface area contributed by atoms with Crippen LogP contribution in [0.1, 0.15) is 56.1 Å². The molecule has 1 aliphatic rings. The van der Waals surface area contributed by atoms with Crippen molar-refractivity contribution in [1.82, 2.24) is 4.98 Å². The molecule has 6 nitrogen and oxygen atoms in total. The molecule has 39 heavy (non-hydrogen) atoms. The van der Waals surface area contributed by atoms with Crippen molar-refractivity contribution in [1.29, 1.82) is 0 Å². The highest BCUT2D eigenvalue weighted by Crippen LogP contribution is 2.23. The number of piperidine rings is 1. The van der Waals surface area contributed by atoms with Crippen LogP contribution < -0.4 is 10.2 Å². The van der Waals surface area contributed by atoms with Gasteiger partial charge in [0.25, 0.3) is 0 Å². The third-order valence-electron chi connectivity index (χ3n) is 7.39. The molecule has 6 heteroatoms. The van der Waals surface area contributed by atoms with Gasteiger partial charge in [-0.05, 0) is 92.4 Å². The molecule has 0 saturated carbocycles. The van der Waals surface area contributed by atoms with E-state index in [2.05, 4.69) is 15.2 Å². The average molecular weight is 522 g/mol. The predicted molar refractivity (Wildman–Crippen MR) is 156 cm³/mol. The summed E-state index contributed by atoms with van der Waals surface area (Å²) >= 11 is 0. The summed E-state index contributed by atoms with van der Waals surface area (Å²) in [6.45, 7) is 5.56. The second-order valence-corrected chi connectivity index (χ2v) is 10.5. The Morgan fingerprint density at radius 3 is 1.87 bits per heavy atom. The normalized spacial score (nSPS) is 13.9. The topological polar surface area (TPSA) is 85.4 Å². The first kappa shape index (κ1) is 26.4. The summed E-state index contributed by atoms with van der Waals surface area (Å²) in [4.78, 5) is 30.9. The maximum Gasteiger partial charge on any atom is 0.169 e. The summed E-state index contributed by atoms with van der Waals surface area (Å²) < 4.78 is 0. The molecule has 2 heterocycles. The third kappa shape index (κ3) is 6.65. The van der Waals surface area contributed by atoms with E-state index < -0.39 is 0 Å². The zero-order chi connectivity index (χ0) is 27.4. The van der Waals surface area contributed by atoms with Crippen molar-refractivity contribution in [2.45, 2.75) is 45.6 Å². The van der Waals surface area contributed by atoms with Gasteiger partial charge < -0.3 is 20.3 Å². The number of nitrogens with zero attached hydrogens (tertiary/aromatic N) is 1. The fraction of sp³-hybridized carbons (Fsp3) is 0.273. The number of anilines is 3. The van der Waals surface area contributed by atoms with Gasteiger partial charge in [0.1, 0.15) is 0 Å². The van der Waals surface area contributed by atoms with Gasteiger partial charge in [-0.3, -0.25) is 9.59 Å². The SMILES string of the molecule is Cc1cc(C(=O)Cc2ccc(Nc3ccc(CC(=O)c4ccc(N5CCC(O)CC5)cc4)cc3)cc2)c(C)[nH]1. The predicted octanol–water partition coefficient (Wildman–Crippen LogP) is 6.19. The zero-order valence-corrected chi connectivity index (χ0v) is 22.5. The molecule has 0 bridgehead atoms. The van der Waals surface area contributed by atoms with E-state index in [-0.39, 0.29) is 17.7 Å². The number of Topliss-reactive ketones (excluding diaryl/α,β-unsaturated/α-hetero) is 2. The standard InChI is InChI=1S/C33H35N3O3/c1-22-19-31(23(2)34-22)33(39)21-25-5-11-28(12-6-25)35-27-9-3-24(4-10-27)20-32(38)26-7-13-29(14-8-26)36-17-15-30(37)16-18-36/h3-14,19,30,34-35,37H,15-18,20-21H2,1-2H3. The van der Waals surface area contributed by atoms with Crippen molar-refractivity contribution in [2.24, 2.45) is 0 Å². The van der Waals surface area contributed by atoms with E-state index in [0.717, 1.165) is 71.1 Å². The fourth-order valence-electron chi connectivity index (χ4n) is 5.14. The quantitative estimate of drug-likeness (QED) is 0.229. The highest BCUT2D eigenvalue weighted by molar-refractivity contribution is 5.99. The lowest BCUT2D eigenvalue weighted by Crippen LogP contribution is -2.35. The number of hydrogen-bond acceptors (Lipinski definition) is 5. The van der Waals surface area contributed by atoms with E-state index in [4.69, 9.17) is 0 Å².